The number of hydrogen-bond acceptors (Lipinski definition) is 6. The van der Waals surface area contributed by atoms with E-state index >= 15 is 0 Å². The van der Waals surface area contributed by atoms with Crippen LogP contribution in [0.3, 0.4) is 0 Å². The highest BCUT2D eigenvalue weighted by atomic mass is 16.2. The summed E-state index contributed by atoms with van der Waals surface area (Å²) >= 11 is 0. The predicted octanol–water partition coefficient (Wildman–Crippen LogP) is 3.92. The van der Waals surface area contributed by atoms with Gasteiger partial charge in [-0.1, -0.05) is 26.0 Å². The van der Waals surface area contributed by atoms with Crippen LogP contribution in [0.5, 0.6) is 0 Å². The summed E-state index contributed by atoms with van der Waals surface area (Å²) in [6.45, 7) is 5.77. The summed E-state index contributed by atoms with van der Waals surface area (Å²) in [5.41, 5.74) is 11.4. The molecule has 0 saturated heterocycles. The fourth-order valence-corrected chi connectivity index (χ4v) is 4.57. The van der Waals surface area contributed by atoms with Gasteiger partial charge >= 0.3 is 0 Å². The van der Waals surface area contributed by atoms with Crippen molar-refractivity contribution in [3.8, 4) is 11.3 Å². The van der Waals surface area contributed by atoms with Crippen LogP contribution in [0.2, 0.25) is 0 Å². The minimum absolute atomic E-state index is 0.000476. The van der Waals surface area contributed by atoms with Crippen molar-refractivity contribution >= 4 is 41.8 Å². The van der Waals surface area contributed by atoms with E-state index in [2.05, 4.69) is 18.8 Å². The van der Waals surface area contributed by atoms with Gasteiger partial charge in [-0.25, -0.2) is 4.99 Å². The van der Waals surface area contributed by atoms with Gasteiger partial charge in [0, 0.05) is 81.9 Å². The highest BCUT2D eigenvalue weighted by Gasteiger charge is 2.21. The van der Waals surface area contributed by atoms with Gasteiger partial charge in [-0.3, -0.25) is 14.4 Å². The summed E-state index contributed by atoms with van der Waals surface area (Å²) in [6, 6.07) is 7.67. The second-order valence-corrected chi connectivity index (χ2v) is 10.1. The lowest BCUT2D eigenvalue weighted by molar-refractivity contribution is -0.129. The summed E-state index contributed by atoms with van der Waals surface area (Å²) in [5.74, 6) is 0.371. The molecule has 0 fully saturated rings. The van der Waals surface area contributed by atoms with E-state index in [9.17, 15) is 14.4 Å². The Kier molecular flexibility index (Phi) is 9.87. The van der Waals surface area contributed by atoms with E-state index < -0.39 is 0 Å². The maximum Gasteiger partial charge on any atom is 0.250 e. The molecule has 2 heterocycles. The highest BCUT2D eigenvalue weighted by Crippen LogP contribution is 2.33. The van der Waals surface area contributed by atoms with Crippen molar-refractivity contribution in [3.05, 3.63) is 52.9 Å². The molecule has 1 aliphatic rings. The van der Waals surface area contributed by atoms with Crippen molar-refractivity contribution in [2.45, 2.75) is 33.1 Å². The molecule has 2 N–H and O–H groups in total. The summed E-state index contributed by atoms with van der Waals surface area (Å²) in [5, 5.41) is 0. The summed E-state index contributed by atoms with van der Waals surface area (Å²) in [4.78, 5) is 47.0. The maximum absolute atomic E-state index is 13.3. The van der Waals surface area contributed by atoms with E-state index in [4.69, 9.17) is 5.73 Å². The van der Waals surface area contributed by atoms with Gasteiger partial charge in [0.05, 0.1) is 17.9 Å². The maximum atomic E-state index is 13.3. The van der Waals surface area contributed by atoms with Gasteiger partial charge in [0.15, 0.2) is 6.29 Å². The number of hydrogen-bond donors (Lipinski definition) is 1. The van der Waals surface area contributed by atoms with Crippen molar-refractivity contribution in [1.29, 1.82) is 0 Å². The number of likely N-dealkylation sites (N-methyl/N-ethyl adjacent to an activating group) is 2. The fourth-order valence-electron chi connectivity index (χ4n) is 4.57. The van der Waals surface area contributed by atoms with Crippen molar-refractivity contribution in [2.75, 3.05) is 40.8 Å². The molecular weight excluding hydrogens is 492 g/mol. The first-order chi connectivity index (χ1) is 18.6. The van der Waals surface area contributed by atoms with Gasteiger partial charge in [0.1, 0.15) is 5.84 Å². The number of amidine groups is 1. The van der Waals surface area contributed by atoms with Gasteiger partial charge in [0.2, 0.25) is 11.8 Å². The number of nitrogens with zero attached hydrogens (tertiary/aromatic N) is 5. The number of nitrogens with two attached hydrogens (primary N) is 1. The monoisotopic (exact) mass is 532 g/mol. The average molecular weight is 533 g/mol. The molecule has 0 saturated carbocycles. The lowest BCUT2D eigenvalue weighted by Gasteiger charge is -2.22. The van der Waals surface area contributed by atoms with E-state index in [1.165, 1.54) is 4.90 Å². The second-order valence-electron chi connectivity index (χ2n) is 10.1. The fraction of sp³-hybridized carbons (Fsp3) is 0.400. The summed E-state index contributed by atoms with van der Waals surface area (Å²) in [6.07, 6.45) is 8.42. The molecule has 0 radical (unpaired) electrons. The Labute approximate surface area is 231 Å². The first-order valence-electron chi connectivity index (χ1n) is 13.3. The Morgan fingerprint density at radius 1 is 1.10 bits per heavy atom. The number of carbonyl (C=O) groups excluding carboxylic acids is 3. The van der Waals surface area contributed by atoms with Crippen LogP contribution in [-0.4, -0.2) is 84.0 Å². The molecule has 9 heteroatoms. The van der Waals surface area contributed by atoms with Crippen LogP contribution in [0.4, 0.5) is 5.69 Å². The van der Waals surface area contributed by atoms with Crippen LogP contribution >= 0.6 is 0 Å². The zero-order chi connectivity index (χ0) is 28.7. The summed E-state index contributed by atoms with van der Waals surface area (Å²) in [7, 11) is 7.14. The van der Waals surface area contributed by atoms with Gasteiger partial charge in [-0.05, 0) is 37.1 Å². The SMILES string of the molecule is CCCN(CCC)C(=O)C1=Cc2ccc(-c3cc(C=O)c(/C=C\N(C)CC(=O)N(C)C)n3C)cc2N=C(N)C1. The quantitative estimate of drug-likeness (QED) is 0.442. The predicted molar refractivity (Wildman–Crippen MR) is 158 cm³/mol. The number of aldehydes is 1. The van der Waals surface area contributed by atoms with Crippen molar-refractivity contribution in [1.82, 2.24) is 19.3 Å². The molecular formula is C30H40N6O3. The number of carbonyl (C=O) groups is 3. The largest absolute Gasteiger partial charge is 0.387 e. The average Bonchev–Trinajstić information content (AvgIpc) is 3.11. The first kappa shape index (κ1) is 29.4. The van der Waals surface area contributed by atoms with Gasteiger partial charge in [-0.15, -0.1) is 0 Å². The summed E-state index contributed by atoms with van der Waals surface area (Å²) < 4.78 is 1.94. The minimum Gasteiger partial charge on any atom is -0.387 e. The van der Waals surface area contributed by atoms with Crippen LogP contribution in [0.25, 0.3) is 23.4 Å². The minimum atomic E-state index is -0.0162. The second kappa shape index (κ2) is 13.1. The standard InChI is InChI=1S/C30H40N6O3/c1-7-12-36(13-8-2)30(39)23-15-21-9-10-22(16-25(21)32-28(31)18-23)27-17-24(20-37)26(35(27)6)11-14-34(5)19-29(38)33(3)4/h9-11,14-17,20H,7-8,12-13,18-19H2,1-6H3,(H2,31,32)/b14-11-. The van der Waals surface area contributed by atoms with Crippen molar-refractivity contribution < 1.29 is 14.4 Å². The van der Waals surface area contributed by atoms with Crippen LogP contribution in [0, 0.1) is 0 Å². The Morgan fingerprint density at radius 2 is 1.79 bits per heavy atom. The normalized spacial score (nSPS) is 12.9. The molecule has 2 amide bonds. The molecule has 0 bridgehead atoms. The number of benzene rings is 1. The topological polar surface area (TPSA) is 104 Å². The van der Waals surface area contributed by atoms with Crippen molar-refractivity contribution in [2.24, 2.45) is 17.8 Å². The van der Waals surface area contributed by atoms with Crippen LogP contribution in [0.15, 0.2) is 41.0 Å². The Morgan fingerprint density at radius 3 is 2.41 bits per heavy atom. The van der Waals surface area contributed by atoms with Crippen molar-refractivity contribution in [3.63, 3.8) is 0 Å². The molecule has 39 heavy (non-hydrogen) atoms. The third-order valence-corrected chi connectivity index (χ3v) is 6.65. The van der Waals surface area contributed by atoms with Crippen LogP contribution in [-0.2, 0) is 16.6 Å². The highest BCUT2D eigenvalue weighted by molar-refractivity contribution is 6.05. The molecule has 2 aromatic rings. The van der Waals surface area contributed by atoms with Gasteiger partial charge in [-0.2, -0.15) is 0 Å². The molecule has 9 nitrogen and oxygen atoms in total. The molecule has 1 aliphatic heterocycles. The molecule has 0 aliphatic carbocycles. The molecule has 1 aromatic carbocycles. The third-order valence-electron chi connectivity index (χ3n) is 6.65. The molecule has 3 rings (SSSR count). The zero-order valence-electron chi connectivity index (χ0n) is 23.9. The van der Waals surface area contributed by atoms with E-state index in [1.54, 1.807) is 25.2 Å². The third kappa shape index (κ3) is 7.04. The van der Waals surface area contributed by atoms with Gasteiger partial charge in [0.25, 0.3) is 0 Å². The molecule has 1 aromatic heterocycles. The lowest BCUT2D eigenvalue weighted by Crippen LogP contribution is -2.34. The van der Waals surface area contributed by atoms with E-state index in [0.29, 0.717) is 42.2 Å². The molecule has 0 atom stereocenters. The lowest BCUT2D eigenvalue weighted by atomic mass is 10.0. The zero-order valence-corrected chi connectivity index (χ0v) is 23.9. The van der Waals surface area contributed by atoms with E-state index in [0.717, 1.165) is 41.6 Å². The molecule has 0 unspecified atom stereocenters. The smallest absolute Gasteiger partial charge is 0.250 e. The number of rotatable bonds is 11. The Hall–Kier alpha value is -4.14. The van der Waals surface area contributed by atoms with E-state index in [1.807, 2.05) is 60.0 Å². The Bertz CT molecular complexity index is 1310. The van der Waals surface area contributed by atoms with Gasteiger partial charge < -0.3 is 25.0 Å². The first-order valence-corrected chi connectivity index (χ1v) is 13.3. The molecule has 208 valence electrons. The number of aliphatic imine (C=N–C) groups is 1. The van der Waals surface area contributed by atoms with Crippen LogP contribution < -0.4 is 5.73 Å². The Balaban J connectivity index is 1.95. The van der Waals surface area contributed by atoms with Crippen LogP contribution in [0.1, 0.15) is 54.7 Å². The number of aromatic nitrogens is 1. The van der Waals surface area contributed by atoms with E-state index in [-0.39, 0.29) is 18.4 Å². The number of amides is 2. The number of fused-ring (bicyclic) bond motifs is 1. The molecule has 0 spiro atoms.